The molecule has 0 aromatic carbocycles. The summed E-state index contributed by atoms with van der Waals surface area (Å²) in [5, 5.41) is 0. The van der Waals surface area contributed by atoms with Crippen molar-refractivity contribution in [3.63, 3.8) is 0 Å². The van der Waals surface area contributed by atoms with Crippen LogP contribution >= 0.6 is 0 Å². The van der Waals surface area contributed by atoms with Crippen LogP contribution in [0.25, 0.3) is 0 Å². The van der Waals surface area contributed by atoms with Crippen molar-refractivity contribution < 1.29 is 21.9 Å². The van der Waals surface area contributed by atoms with Gasteiger partial charge in [0.2, 0.25) is 0 Å². The van der Waals surface area contributed by atoms with E-state index in [0.717, 1.165) is 5.92 Å². The summed E-state index contributed by atoms with van der Waals surface area (Å²) in [6.45, 7) is 13.1. The summed E-state index contributed by atoms with van der Waals surface area (Å²) in [5.74, 6) is 9.23. The molecule has 1 nitrogen and oxygen atoms in total. The van der Waals surface area contributed by atoms with Crippen LogP contribution in [-0.2, 0) is 21.9 Å². The van der Waals surface area contributed by atoms with Crippen LogP contribution in [-0.4, -0.2) is 5.78 Å². The number of hydrogen-bond donors (Lipinski definition) is 0. The molecule has 0 bridgehead atoms. The van der Waals surface area contributed by atoms with Gasteiger partial charge in [0, 0.05) is 5.92 Å². The van der Waals surface area contributed by atoms with E-state index in [1.54, 1.807) is 36.5 Å². The number of rotatable bonds is 6. The first kappa shape index (κ1) is 24.2. The van der Waals surface area contributed by atoms with Crippen LogP contribution in [0.3, 0.4) is 0 Å². The van der Waals surface area contributed by atoms with Gasteiger partial charge < -0.3 is 0 Å². The molecule has 0 atom stereocenters. The van der Waals surface area contributed by atoms with Gasteiger partial charge in [-0.2, -0.15) is 0 Å². The smallest absolute Gasteiger partial charge is 0.299 e. The monoisotopic (exact) mass is 368 g/mol. The molecule has 2 aliphatic rings. The van der Waals surface area contributed by atoms with Crippen molar-refractivity contribution >= 4 is 5.78 Å². The molecule has 24 heavy (non-hydrogen) atoms. The van der Waals surface area contributed by atoms with Gasteiger partial charge in [-0.15, -0.1) is 0 Å². The molecule has 10 radical (unpaired) electrons. The van der Waals surface area contributed by atoms with Gasteiger partial charge in [0.25, 0.3) is 0 Å². The van der Waals surface area contributed by atoms with E-state index in [-0.39, 0.29) is 22.9 Å². The molecule has 2 rings (SSSR count). The number of carbonyl (C=O) groups is 1. The van der Waals surface area contributed by atoms with Gasteiger partial charge in [0.05, 0.1) is 0 Å². The van der Waals surface area contributed by atoms with Gasteiger partial charge in [-0.25, -0.2) is 0 Å². The van der Waals surface area contributed by atoms with E-state index < -0.39 is 0 Å². The molecule has 0 amide bonds. The summed E-state index contributed by atoms with van der Waals surface area (Å²) >= 11 is 0. The maximum absolute atomic E-state index is 10.5. The molecular weight excluding hydrogens is 336 g/mol. The summed E-state index contributed by atoms with van der Waals surface area (Å²) in [6, 6.07) is 0. The zero-order valence-corrected chi connectivity index (χ0v) is 17.2. The third-order valence-electron chi connectivity index (χ3n) is 4.66. The van der Waals surface area contributed by atoms with E-state index in [1.165, 1.54) is 32.1 Å². The Morgan fingerprint density at radius 2 is 0.917 bits per heavy atom. The molecule has 0 aliphatic heterocycles. The molecule has 0 unspecified atom stereocenters. The predicted octanol–water partition coefficient (Wildman–Crippen LogP) is 5.90. The second-order valence-electron chi connectivity index (χ2n) is 5.89. The van der Waals surface area contributed by atoms with Crippen LogP contribution in [0.4, 0.5) is 0 Å². The molecule has 0 aromatic heterocycles. The van der Waals surface area contributed by atoms with Crippen molar-refractivity contribution in [1.29, 1.82) is 0 Å². The van der Waals surface area contributed by atoms with Crippen LogP contribution in [0.5, 0.6) is 0 Å². The summed E-state index contributed by atoms with van der Waals surface area (Å²) in [7, 11) is 0. The van der Waals surface area contributed by atoms with Crippen LogP contribution in [0, 0.1) is 61.2 Å². The van der Waals surface area contributed by atoms with Crippen LogP contribution in [0.1, 0.15) is 73.6 Å². The molecule has 0 N–H and O–H groups in total. The fraction of sp³-hybridized carbons (Fsp3) is 0.500. The first-order valence-electron chi connectivity index (χ1n) is 9.08. The minimum atomic E-state index is 0. The molecule has 0 heterocycles. The number of hydrogen-bond acceptors (Lipinski definition) is 1. The molecule has 0 saturated heterocycles. The summed E-state index contributed by atoms with van der Waals surface area (Å²) < 4.78 is 0. The Morgan fingerprint density at radius 3 is 1.04 bits per heavy atom. The Balaban J connectivity index is 0.000000498. The second kappa shape index (κ2) is 12.5. The number of ketones is 1. The maximum Gasteiger partial charge on any atom is 2.00 e. The van der Waals surface area contributed by atoms with Gasteiger partial charge in [0.1, 0.15) is 5.78 Å². The van der Waals surface area contributed by atoms with Crippen LogP contribution in [0.15, 0.2) is 0 Å². The Labute approximate surface area is 162 Å². The van der Waals surface area contributed by atoms with E-state index in [4.69, 9.17) is 0 Å². The van der Waals surface area contributed by atoms with Crippen molar-refractivity contribution in [3.8, 4) is 0 Å². The quantitative estimate of drug-likeness (QED) is 0.534. The second-order valence-corrected chi connectivity index (χ2v) is 5.89. The third kappa shape index (κ3) is 5.87. The van der Waals surface area contributed by atoms with E-state index in [9.17, 15) is 4.79 Å². The average molecular weight is 368 g/mol. The first-order chi connectivity index (χ1) is 11.0. The van der Waals surface area contributed by atoms with Gasteiger partial charge >= 0.3 is 17.1 Å². The molecular formula is C22H32FeO+2. The average Bonchev–Trinajstić information content (AvgIpc) is 3.19. The Kier molecular flexibility index (Phi) is 12.6. The fourth-order valence-electron chi connectivity index (χ4n) is 3.65. The Hall–Kier alpha value is 0.189. The van der Waals surface area contributed by atoms with Crippen molar-refractivity contribution in [3.05, 3.63) is 61.2 Å². The van der Waals surface area contributed by atoms with Gasteiger partial charge in [-0.3, -0.25) is 4.79 Å². The van der Waals surface area contributed by atoms with Crippen molar-refractivity contribution in [1.82, 2.24) is 0 Å². The molecule has 132 valence electrons. The minimum Gasteiger partial charge on any atom is -0.299 e. The Bertz CT molecular complexity index is 278. The normalized spacial score (nSPS) is 21.6. The SMILES string of the molecule is CC(=O)[C]1[CH][CH][CH][CH]1.CC[C]1[C](CC)[C](CC)[C](CC)[C]1CC.[Fe+2]. The van der Waals surface area contributed by atoms with E-state index in [2.05, 4.69) is 34.6 Å². The van der Waals surface area contributed by atoms with Gasteiger partial charge in [-0.1, -0.05) is 34.6 Å². The maximum atomic E-state index is 10.5. The molecule has 2 aliphatic carbocycles. The minimum absolute atomic E-state index is 0. The van der Waals surface area contributed by atoms with Gasteiger partial charge in [-0.05, 0) is 94.3 Å². The van der Waals surface area contributed by atoms with Crippen molar-refractivity contribution in [2.45, 2.75) is 73.6 Å². The molecule has 0 aromatic rings. The zero-order valence-electron chi connectivity index (χ0n) is 16.1. The molecule has 2 heteroatoms. The van der Waals surface area contributed by atoms with Crippen LogP contribution < -0.4 is 0 Å². The Morgan fingerprint density at radius 1 is 0.667 bits per heavy atom. The van der Waals surface area contributed by atoms with E-state index >= 15 is 0 Å². The third-order valence-corrected chi connectivity index (χ3v) is 4.66. The summed E-state index contributed by atoms with van der Waals surface area (Å²) in [5.41, 5.74) is 0. The molecule has 0 spiro atoms. The number of carbonyl (C=O) groups excluding carboxylic acids is 1. The fourth-order valence-corrected chi connectivity index (χ4v) is 3.65. The number of Topliss-reactive ketones (excluding diaryl/α,β-unsaturated/α-hetero) is 1. The van der Waals surface area contributed by atoms with Crippen molar-refractivity contribution in [2.24, 2.45) is 0 Å². The zero-order chi connectivity index (χ0) is 17.4. The van der Waals surface area contributed by atoms with Crippen LogP contribution in [0.2, 0.25) is 0 Å². The molecule has 2 fully saturated rings. The van der Waals surface area contributed by atoms with E-state index in [0.29, 0.717) is 0 Å². The largest absolute Gasteiger partial charge is 2.00 e. The van der Waals surface area contributed by atoms with E-state index in [1.807, 2.05) is 25.7 Å². The van der Waals surface area contributed by atoms with Crippen molar-refractivity contribution in [2.75, 3.05) is 0 Å². The van der Waals surface area contributed by atoms with Gasteiger partial charge in [0.15, 0.2) is 0 Å². The topological polar surface area (TPSA) is 17.1 Å². The summed E-state index contributed by atoms with van der Waals surface area (Å²) in [4.78, 5) is 10.5. The predicted molar refractivity (Wildman–Crippen MR) is 98.8 cm³/mol. The first-order valence-corrected chi connectivity index (χ1v) is 9.08. The standard InChI is InChI=1S/C15H25.C7H7O.Fe/c1-6-11-12(7-2)14(9-4)15(10-5)13(11)8-3;1-6(8)7-4-2-3-5-7;/h6-10H2,1-5H3;2-5H,1H3;/q;;+2. The molecule has 2 saturated carbocycles. The summed E-state index contributed by atoms with van der Waals surface area (Å²) in [6.07, 6.45) is 13.4.